The monoisotopic (exact) mass is 708 g/mol. The number of para-hydroxylation sites is 2. The Kier molecular flexibility index (Phi) is 12.6. The minimum atomic E-state index is -1.14. The molecular weight excluding hydrogens is 673 g/mol. The number of aromatic nitrogens is 3. The van der Waals surface area contributed by atoms with Gasteiger partial charge < -0.3 is 36.6 Å². The number of hydrogen-bond acceptors (Lipinski definition) is 9. The number of carboxylic acids is 2. The van der Waals surface area contributed by atoms with Crippen LogP contribution in [0.4, 0.5) is 5.69 Å². The van der Waals surface area contributed by atoms with Crippen molar-refractivity contribution in [3.63, 3.8) is 0 Å². The molecule has 3 heterocycles. The van der Waals surface area contributed by atoms with Crippen molar-refractivity contribution < 1.29 is 24.7 Å². The largest absolute Gasteiger partial charge is 0.480 e. The quantitative estimate of drug-likeness (QED) is 0.0464. The zero-order chi connectivity index (χ0) is 35.0. The highest BCUT2D eigenvalue weighted by atomic mass is 32.2. The smallest absolute Gasteiger partial charge is 0.320 e. The minimum Gasteiger partial charge on any atom is -0.480 e. The summed E-state index contributed by atoms with van der Waals surface area (Å²) in [5.41, 5.74) is 15.4. The van der Waals surface area contributed by atoms with Gasteiger partial charge in [0, 0.05) is 63.0 Å². The highest BCUT2D eigenvalue weighted by Crippen LogP contribution is 2.35. The lowest BCUT2D eigenvalue weighted by molar-refractivity contribution is -0.383. The van der Waals surface area contributed by atoms with Gasteiger partial charge in [0.1, 0.15) is 12.1 Å². The molecule has 0 radical (unpaired) electrons. The fourth-order valence-corrected chi connectivity index (χ4v) is 6.91. The molecule has 0 aliphatic rings. The van der Waals surface area contributed by atoms with E-state index in [2.05, 4.69) is 45.5 Å². The molecule has 9 N–H and O–H groups in total. The number of nitrogens with one attached hydrogen (secondary N) is 3. The number of nitrogens with zero attached hydrogens (tertiary/aromatic N) is 1. The summed E-state index contributed by atoms with van der Waals surface area (Å²) in [6, 6.07) is 15.6. The second-order valence-corrected chi connectivity index (χ2v) is 13.0. The summed E-state index contributed by atoms with van der Waals surface area (Å²) in [5.74, 6) is -2.11. The third-order valence-corrected chi connectivity index (χ3v) is 9.88. The summed E-state index contributed by atoms with van der Waals surface area (Å²) in [4.78, 5) is 44.9. The second kappa shape index (κ2) is 16.6. The lowest BCUT2D eigenvalue weighted by Gasteiger charge is -2.06. The molecule has 3 aromatic carbocycles. The standard InChI is InChI=1S/C12H13N3O4S.C12H14N2O2S.C9H9NS/c1-20-9-3-2-8(15(18)19)10-6(5-14-11(9)10)4-7(13)12(16)17;1-17-10-4-2-3-8-7(6-14-11(8)10)5-9(13)12(15)16;1-11-8-4-2-3-7-5-6-10-9(7)8/h2-3,5,7,14H,4,13H2,1H3,(H,16,17);2-4,6,9,14H,5,13H2,1H3,(H,15,16);2-6,10H,1H3. The Hall–Kier alpha value is -4.41. The van der Waals surface area contributed by atoms with Gasteiger partial charge in [0.2, 0.25) is 0 Å². The van der Waals surface area contributed by atoms with Gasteiger partial charge in [-0.3, -0.25) is 19.7 Å². The molecule has 0 spiro atoms. The Balaban J connectivity index is 0.000000169. The summed E-state index contributed by atoms with van der Waals surface area (Å²) in [7, 11) is 0. The number of rotatable bonds is 10. The van der Waals surface area contributed by atoms with E-state index in [0.717, 1.165) is 26.3 Å². The molecule has 2 unspecified atom stereocenters. The number of fused-ring (bicyclic) bond motifs is 3. The Morgan fingerprint density at radius 3 is 1.90 bits per heavy atom. The summed E-state index contributed by atoms with van der Waals surface area (Å²) in [6.45, 7) is 0. The van der Waals surface area contributed by atoms with Gasteiger partial charge in [-0.2, -0.15) is 0 Å². The van der Waals surface area contributed by atoms with Crippen LogP contribution in [0.3, 0.4) is 0 Å². The summed E-state index contributed by atoms with van der Waals surface area (Å²) in [6.07, 6.45) is 11.7. The first-order valence-corrected chi connectivity index (χ1v) is 18.2. The van der Waals surface area contributed by atoms with Crippen LogP contribution in [-0.4, -0.2) is 72.9 Å². The molecule has 48 heavy (non-hydrogen) atoms. The number of non-ortho nitro benzene ring substituents is 1. The van der Waals surface area contributed by atoms with Crippen molar-refractivity contribution in [2.45, 2.75) is 39.6 Å². The number of aromatic amines is 3. The van der Waals surface area contributed by atoms with Crippen molar-refractivity contribution in [3.05, 3.63) is 94.4 Å². The third kappa shape index (κ3) is 8.35. The maximum Gasteiger partial charge on any atom is 0.320 e. The van der Waals surface area contributed by atoms with Crippen molar-refractivity contribution in [2.24, 2.45) is 11.5 Å². The molecule has 0 saturated carbocycles. The molecule has 0 bridgehead atoms. The van der Waals surface area contributed by atoms with Gasteiger partial charge >= 0.3 is 11.9 Å². The van der Waals surface area contributed by atoms with Crippen LogP contribution in [0.25, 0.3) is 32.7 Å². The second-order valence-electron chi connectivity index (χ2n) is 10.5. The molecular formula is C33H36N6O6S3. The van der Waals surface area contributed by atoms with Crippen LogP contribution >= 0.6 is 35.3 Å². The first-order valence-electron chi connectivity index (χ1n) is 14.5. The number of benzene rings is 3. The molecule has 0 fully saturated rings. The number of aliphatic carboxylic acids is 2. The molecule has 15 heteroatoms. The van der Waals surface area contributed by atoms with Gasteiger partial charge in [-0.05, 0) is 54.2 Å². The Bertz CT molecular complexity index is 2060. The van der Waals surface area contributed by atoms with Gasteiger partial charge in [-0.15, -0.1) is 35.3 Å². The molecule has 2 atom stereocenters. The Morgan fingerprint density at radius 1 is 0.750 bits per heavy atom. The third-order valence-electron chi connectivity index (χ3n) is 7.54. The van der Waals surface area contributed by atoms with E-state index in [4.69, 9.17) is 21.7 Å². The number of H-pyrrole nitrogens is 3. The van der Waals surface area contributed by atoms with E-state index >= 15 is 0 Å². The summed E-state index contributed by atoms with van der Waals surface area (Å²) >= 11 is 4.89. The van der Waals surface area contributed by atoms with Gasteiger partial charge in [0.25, 0.3) is 5.69 Å². The lowest BCUT2D eigenvalue weighted by atomic mass is 10.0. The molecule has 252 valence electrons. The number of carbonyl (C=O) groups is 2. The van der Waals surface area contributed by atoms with Crippen LogP contribution in [0.2, 0.25) is 0 Å². The van der Waals surface area contributed by atoms with Crippen LogP contribution in [0.1, 0.15) is 11.1 Å². The number of nitrogens with two attached hydrogens (primary N) is 2. The normalized spacial score (nSPS) is 12.2. The number of carboxylic acid groups (broad SMARTS) is 2. The van der Waals surface area contributed by atoms with Crippen molar-refractivity contribution in [1.29, 1.82) is 0 Å². The van der Waals surface area contributed by atoms with Gasteiger partial charge in [-0.1, -0.05) is 24.3 Å². The Morgan fingerprint density at radius 2 is 1.29 bits per heavy atom. The first kappa shape index (κ1) is 36.4. The maximum absolute atomic E-state index is 11.1. The van der Waals surface area contributed by atoms with Gasteiger partial charge in [0.15, 0.2) is 0 Å². The van der Waals surface area contributed by atoms with E-state index in [1.165, 1.54) is 33.6 Å². The van der Waals surface area contributed by atoms with E-state index in [9.17, 15) is 19.7 Å². The number of thioether (sulfide) groups is 3. The highest BCUT2D eigenvalue weighted by molar-refractivity contribution is 7.99. The van der Waals surface area contributed by atoms with Crippen molar-refractivity contribution in [2.75, 3.05) is 18.8 Å². The average Bonchev–Trinajstić information content (AvgIpc) is 3.84. The predicted octanol–water partition coefficient (Wildman–Crippen LogP) is 6.49. The van der Waals surface area contributed by atoms with Crippen LogP contribution in [0, 0.1) is 10.1 Å². The molecule has 6 rings (SSSR count). The van der Waals surface area contributed by atoms with E-state index < -0.39 is 28.9 Å². The fraction of sp³-hybridized carbons (Fsp3) is 0.212. The van der Waals surface area contributed by atoms with Crippen LogP contribution in [-0.2, 0) is 22.4 Å². The number of hydrogen-bond donors (Lipinski definition) is 7. The zero-order valence-electron chi connectivity index (χ0n) is 26.4. The van der Waals surface area contributed by atoms with Crippen LogP contribution < -0.4 is 11.5 Å². The SMILES string of the molecule is CSc1ccc([N+](=O)[O-])c2c(CC(N)C(=O)O)c[nH]c12.CSc1cccc2c(CC(N)C(=O)O)c[nH]c12.CSc1cccc2cc[nH]c12. The fourth-order valence-electron chi connectivity index (χ4n) is 5.15. The molecule has 0 amide bonds. The van der Waals surface area contributed by atoms with Crippen molar-refractivity contribution in [3.8, 4) is 0 Å². The molecule has 3 aromatic heterocycles. The molecule has 6 aromatic rings. The predicted molar refractivity (Wildman–Crippen MR) is 196 cm³/mol. The number of nitro groups is 1. The summed E-state index contributed by atoms with van der Waals surface area (Å²) < 4.78 is 0. The van der Waals surface area contributed by atoms with E-state index in [1.807, 2.05) is 43.1 Å². The highest BCUT2D eigenvalue weighted by Gasteiger charge is 2.22. The van der Waals surface area contributed by atoms with Gasteiger partial charge in [-0.25, -0.2) is 0 Å². The molecule has 0 aliphatic heterocycles. The van der Waals surface area contributed by atoms with E-state index in [0.29, 0.717) is 22.9 Å². The zero-order valence-corrected chi connectivity index (χ0v) is 28.8. The molecule has 12 nitrogen and oxygen atoms in total. The molecule has 0 saturated heterocycles. The average molecular weight is 709 g/mol. The maximum atomic E-state index is 11.1. The lowest BCUT2D eigenvalue weighted by Crippen LogP contribution is -2.32. The topological polar surface area (TPSA) is 217 Å². The Labute approximate surface area is 288 Å². The van der Waals surface area contributed by atoms with Crippen LogP contribution in [0.5, 0.6) is 0 Å². The number of nitro benzene ring substituents is 1. The molecule has 0 aliphatic carbocycles. The van der Waals surface area contributed by atoms with E-state index in [1.54, 1.807) is 35.8 Å². The van der Waals surface area contributed by atoms with Crippen molar-refractivity contribution >= 4 is 85.6 Å². The van der Waals surface area contributed by atoms with E-state index in [-0.39, 0.29) is 12.1 Å². The van der Waals surface area contributed by atoms with Crippen molar-refractivity contribution in [1.82, 2.24) is 15.0 Å². The first-order chi connectivity index (χ1) is 23.0. The summed E-state index contributed by atoms with van der Waals surface area (Å²) in [5, 5.41) is 31.6. The minimum absolute atomic E-state index is 0.0357. The van der Waals surface area contributed by atoms with Gasteiger partial charge in [0.05, 0.1) is 26.9 Å². The van der Waals surface area contributed by atoms with Crippen LogP contribution in [0.15, 0.2) is 87.9 Å².